The number of nitrogens with zero attached hydrogens (tertiary/aromatic N) is 1. The smallest absolute Gasteiger partial charge is 0.248 e. The monoisotopic (exact) mass is 336 g/mol. The van der Waals surface area contributed by atoms with Crippen molar-refractivity contribution in [2.75, 3.05) is 19.6 Å². The molecule has 0 aliphatic heterocycles. The molecule has 0 atom stereocenters. The average Bonchev–Trinajstić information content (AvgIpc) is 2.60. The maximum absolute atomic E-state index is 11.4. The van der Waals surface area contributed by atoms with Gasteiger partial charge in [-0.2, -0.15) is 0 Å². The Morgan fingerprint density at radius 1 is 0.960 bits per heavy atom. The Kier molecular flexibility index (Phi) is 6.24. The second-order valence-corrected chi connectivity index (χ2v) is 7.15. The van der Waals surface area contributed by atoms with E-state index in [1.807, 2.05) is 12.1 Å². The molecule has 0 bridgehead atoms. The number of hydrogen-bond acceptors (Lipinski definition) is 2. The fraction of sp³-hybridized carbons (Fsp3) is 0.409. The van der Waals surface area contributed by atoms with Crippen molar-refractivity contribution in [3.05, 3.63) is 71.3 Å². The molecule has 1 aliphatic carbocycles. The van der Waals surface area contributed by atoms with Gasteiger partial charge < -0.3 is 10.6 Å². The number of nitrogens with two attached hydrogens (primary N) is 1. The first-order valence-electron chi connectivity index (χ1n) is 9.36. The van der Waals surface area contributed by atoms with Crippen LogP contribution < -0.4 is 5.73 Å². The molecule has 132 valence electrons. The highest BCUT2D eigenvalue weighted by molar-refractivity contribution is 5.92. The molecule has 1 aliphatic rings. The SMILES string of the molecule is NC(=O)c1cccc(CCN(CCc2ccccc2)CC2CCC2)c1. The van der Waals surface area contributed by atoms with Gasteiger partial charge in [-0.25, -0.2) is 0 Å². The Morgan fingerprint density at radius 2 is 1.64 bits per heavy atom. The van der Waals surface area contributed by atoms with Crippen LogP contribution in [0.2, 0.25) is 0 Å². The van der Waals surface area contributed by atoms with Crippen LogP contribution in [0, 0.1) is 5.92 Å². The summed E-state index contributed by atoms with van der Waals surface area (Å²) in [6.45, 7) is 3.32. The van der Waals surface area contributed by atoms with E-state index in [1.165, 1.54) is 36.9 Å². The fourth-order valence-corrected chi connectivity index (χ4v) is 3.43. The first-order chi connectivity index (χ1) is 12.2. The Morgan fingerprint density at radius 3 is 2.28 bits per heavy atom. The van der Waals surface area contributed by atoms with E-state index in [-0.39, 0.29) is 5.91 Å². The van der Waals surface area contributed by atoms with Crippen molar-refractivity contribution < 1.29 is 4.79 Å². The summed E-state index contributed by atoms with van der Waals surface area (Å²) in [5, 5.41) is 0. The van der Waals surface area contributed by atoms with Crippen LogP contribution in [0.1, 0.15) is 40.7 Å². The minimum absolute atomic E-state index is 0.350. The van der Waals surface area contributed by atoms with Crippen LogP contribution in [0.5, 0.6) is 0 Å². The third kappa shape index (κ3) is 5.43. The molecule has 0 radical (unpaired) electrons. The summed E-state index contributed by atoms with van der Waals surface area (Å²) in [5.74, 6) is 0.518. The first-order valence-corrected chi connectivity index (χ1v) is 9.36. The summed E-state index contributed by atoms with van der Waals surface area (Å²) in [6, 6.07) is 18.4. The number of benzene rings is 2. The van der Waals surface area contributed by atoms with E-state index >= 15 is 0 Å². The second kappa shape index (κ2) is 8.82. The van der Waals surface area contributed by atoms with E-state index < -0.39 is 0 Å². The van der Waals surface area contributed by atoms with Crippen molar-refractivity contribution in [2.45, 2.75) is 32.1 Å². The predicted molar refractivity (Wildman–Crippen MR) is 103 cm³/mol. The normalized spacial score (nSPS) is 14.4. The first kappa shape index (κ1) is 17.7. The van der Waals surface area contributed by atoms with Crippen LogP contribution in [-0.4, -0.2) is 30.4 Å². The third-order valence-electron chi connectivity index (χ3n) is 5.23. The van der Waals surface area contributed by atoms with Crippen LogP contribution in [0.15, 0.2) is 54.6 Å². The molecule has 3 rings (SSSR count). The standard InChI is InChI=1S/C22H28N2O/c23-22(25)21-11-5-8-19(16-21)13-15-24(17-20-9-4-10-20)14-12-18-6-2-1-3-7-18/h1-3,5-8,11,16,20H,4,9-10,12-15,17H2,(H2,23,25). The molecule has 0 saturated heterocycles. The van der Waals surface area contributed by atoms with E-state index in [0.717, 1.165) is 31.8 Å². The Labute approximate surface area is 150 Å². The molecule has 3 heteroatoms. The maximum Gasteiger partial charge on any atom is 0.248 e. The largest absolute Gasteiger partial charge is 0.366 e. The fourth-order valence-electron chi connectivity index (χ4n) is 3.43. The van der Waals surface area contributed by atoms with Crippen molar-refractivity contribution in [2.24, 2.45) is 11.7 Å². The number of hydrogen-bond donors (Lipinski definition) is 1. The number of primary amides is 1. The van der Waals surface area contributed by atoms with Crippen LogP contribution >= 0.6 is 0 Å². The zero-order valence-electron chi connectivity index (χ0n) is 14.9. The second-order valence-electron chi connectivity index (χ2n) is 7.15. The van der Waals surface area contributed by atoms with Crippen LogP contribution in [0.3, 0.4) is 0 Å². The lowest BCUT2D eigenvalue weighted by molar-refractivity contribution is 0.1000. The molecule has 0 aromatic heterocycles. The lowest BCUT2D eigenvalue weighted by Crippen LogP contribution is -2.35. The van der Waals surface area contributed by atoms with Gasteiger partial charge in [0.05, 0.1) is 0 Å². The minimum Gasteiger partial charge on any atom is -0.366 e. The van der Waals surface area contributed by atoms with Gasteiger partial charge >= 0.3 is 0 Å². The highest BCUT2D eigenvalue weighted by Gasteiger charge is 2.20. The van der Waals surface area contributed by atoms with E-state index in [2.05, 4.69) is 41.3 Å². The van der Waals surface area contributed by atoms with Crippen LogP contribution in [0.25, 0.3) is 0 Å². The molecule has 0 heterocycles. The Bertz CT molecular complexity index is 679. The van der Waals surface area contributed by atoms with Crippen molar-refractivity contribution in [1.82, 2.24) is 4.90 Å². The quantitative estimate of drug-likeness (QED) is 0.759. The zero-order chi connectivity index (χ0) is 17.5. The van der Waals surface area contributed by atoms with Crippen LogP contribution in [-0.2, 0) is 12.8 Å². The molecular weight excluding hydrogens is 308 g/mol. The zero-order valence-corrected chi connectivity index (χ0v) is 14.9. The predicted octanol–water partition coefficient (Wildman–Crippen LogP) is 3.67. The van der Waals surface area contributed by atoms with Gasteiger partial charge in [-0.3, -0.25) is 4.79 Å². The van der Waals surface area contributed by atoms with Gasteiger partial charge in [-0.05, 0) is 54.9 Å². The molecule has 0 spiro atoms. The van der Waals surface area contributed by atoms with E-state index in [9.17, 15) is 4.79 Å². The number of amides is 1. The molecule has 1 amide bonds. The van der Waals surface area contributed by atoms with Gasteiger partial charge in [0.25, 0.3) is 0 Å². The van der Waals surface area contributed by atoms with Gasteiger partial charge in [0.1, 0.15) is 0 Å². The summed E-state index contributed by atoms with van der Waals surface area (Å²) in [5.41, 5.74) is 8.59. The molecular formula is C22H28N2O. The van der Waals surface area contributed by atoms with E-state index in [0.29, 0.717) is 5.56 Å². The molecule has 1 saturated carbocycles. The van der Waals surface area contributed by atoms with Crippen LogP contribution in [0.4, 0.5) is 0 Å². The summed E-state index contributed by atoms with van der Waals surface area (Å²) >= 11 is 0. The van der Waals surface area contributed by atoms with Gasteiger partial charge in [-0.1, -0.05) is 48.9 Å². The number of carbonyl (C=O) groups excluding carboxylic acids is 1. The molecule has 1 fully saturated rings. The van der Waals surface area contributed by atoms with Gasteiger partial charge in [-0.15, -0.1) is 0 Å². The maximum atomic E-state index is 11.4. The molecule has 2 N–H and O–H groups in total. The molecule has 2 aromatic carbocycles. The van der Waals surface area contributed by atoms with Crippen molar-refractivity contribution in [1.29, 1.82) is 0 Å². The van der Waals surface area contributed by atoms with Crippen molar-refractivity contribution in [3.63, 3.8) is 0 Å². The lowest BCUT2D eigenvalue weighted by atomic mass is 9.85. The highest BCUT2D eigenvalue weighted by atomic mass is 16.1. The molecule has 25 heavy (non-hydrogen) atoms. The molecule has 0 unspecified atom stereocenters. The molecule has 2 aromatic rings. The van der Waals surface area contributed by atoms with Gasteiger partial charge in [0, 0.05) is 25.2 Å². The number of carbonyl (C=O) groups is 1. The minimum atomic E-state index is -0.350. The summed E-state index contributed by atoms with van der Waals surface area (Å²) in [4.78, 5) is 13.9. The number of rotatable bonds is 9. The van der Waals surface area contributed by atoms with Gasteiger partial charge in [0.15, 0.2) is 0 Å². The average molecular weight is 336 g/mol. The Hall–Kier alpha value is -2.13. The van der Waals surface area contributed by atoms with Crippen molar-refractivity contribution >= 4 is 5.91 Å². The summed E-state index contributed by atoms with van der Waals surface area (Å²) in [7, 11) is 0. The topological polar surface area (TPSA) is 46.3 Å². The highest BCUT2D eigenvalue weighted by Crippen LogP contribution is 2.27. The van der Waals surface area contributed by atoms with E-state index in [4.69, 9.17) is 5.73 Å². The van der Waals surface area contributed by atoms with Gasteiger partial charge in [0.2, 0.25) is 5.91 Å². The third-order valence-corrected chi connectivity index (χ3v) is 5.23. The van der Waals surface area contributed by atoms with Crippen molar-refractivity contribution in [3.8, 4) is 0 Å². The van der Waals surface area contributed by atoms with E-state index in [1.54, 1.807) is 6.07 Å². The summed E-state index contributed by atoms with van der Waals surface area (Å²) in [6.07, 6.45) is 6.19. The molecule has 3 nitrogen and oxygen atoms in total. The lowest BCUT2D eigenvalue weighted by Gasteiger charge is -2.32. The summed E-state index contributed by atoms with van der Waals surface area (Å²) < 4.78 is 0. The Balaban J connectivity index is 1.57.